The first-order valence-corrected chi connectivity index (χ1v) is 13.9. The minimum absolute atomic E-state index is 0.166. The van der Waals surface area contributed by atoms with Crippen LogP contribution in [0.3, 0.4) is 0 Å². The molecule has 200 valence electrons. The Bertz CT molecular complexity index is 1740. The summed E-state index contributed by atoms with van der Waals surface area (Å²) in [7, 11) is 0. The van der Waals surface area contributed by atoms with E-state index in [9.17, 15) is 10.4 Å². The van der Waals surface area contributed by atoms with E-state index in [4.69, 9.17) is 4.98 Å². The van der Waals surface area contributed by atoms with Crippen LogP contribution in [-0.4, -0.2) is 14.7 Å². The number of rotatable bonds is 7. The summed E-state index contributed by atoms with van der Waals surface area (Å²) in [6, 6.07) is 45.1. The average Bonchev–Trinajstić information content (AvgIpc) is 3.53. The molecular weight excluding hydrogens is 502 g/mol. The summed E-state index contributed by atoms with van der Waals surface area (Å²) >= 11 is 0. The molecular formula is C37H31N3O. The molecule has 41 heavy (non-hydrogen) atoms. The van der Waals surface area contributed by atoms with Crippen molar-refractivity contribution in [3.05, 3.63) is 173 Å². The quantitative estimate of drug-likeness (QED) is 0.215. The van der Waals surface area contributed by atoms with Gasteiger partial charge >= 0.3 is 0 Å². The van der Waals surface area contributed by atoms with E-state index in [0.29, 0.717) is 11.3 Å². The number of benzene rings is 5. The molecule has 0 spiro atoms. The van der Waals surface area contributed by atoms with Crippen molar-refractivity contribution < 1.29 is 5.11 Å². The zero-order valence-corrected chi connectivity index (χ0v) is 23.1. The zero-order chi connectivity index (χ0) is 28.5. The molecule has 0 radical (unpaired) electrons. The Balaban J connectivity index is 1.58. The standard InChI is InChI=1S/C37H31N3O/c1-27(2)37(41,34-21-20-29-22-28(24-38)18-19-30(29)23-34)35-25-40(26-39-35)36(31-12-6-3-7-13-31,32-14-8-4-9-15-32)33-16-10-5-11-17-33/h3-23,25-27,41H,1-2H3. The SMILES string of the molecule is CC(C)C(O)(c1ccc2cc(C#N)ccc2c1)c1cn(C(c2ccccc2)(c2ccccc2)c2ccccc2)cn1. The van der Waals surface area contributed by atoms with E-state index < -0.39 is 11.1 Å². The highest BCUT2D eigenvalue weighted by Crippen LogP contribution is 2.43. The van der Waals surface area contributed by atoms with Crippen molar-refractivity contribution in [1.82, 2.24) is 9.55 Å². The Morgan fingerprint density at radius 2 is 1.20 bits per heavy atom. The van der Waals surface area contributed by atoms with Gasteiger partial charge in [0.25, 0.3) is 0 Å². The van der Waals surface area contributed by atoms with Crippen molar-refractivity contribution in [1.29, 1.82) is 5.26 Å². The molecule has 6 rings (SSSR count). The lowest BCUT2D eigenvalue weighted by atomic mass is 9.76. The molecule has 1 N–H and O–H groups in total. The highest BCUT2D eigenvalue weighted by molar-refractivity contribution is 5.84. The molecule has 0 saturated carbocycles. The lowest BCUT2D eigenvalue weighted by molar-refractivity contribution is 0.0279. The van der Waals surface area contributed by atoms with Crippen LogP contribution in [0.4, 0.5) is 0 Å². The summed E-state index contributed by atoms with van der Waals surface area (Å²) in [6.45, 7) is 4.03. The van der Waals surface area contributed by atoms with Crippen molar-refractivity contribution in [2.75, 3.05) is 0 Å². The average molecular weight is 534 g/mol. The lowest BCUT2D eigenvalue weighted by Gasteiger charge is -2.37. The van der Waals surface area contributed by atoms with E-state index in [1.807, 2.05) is 81.0 Å². The third kappa shape index (κ3) is 4.32. The molecule has 1 unspecified atom stereocenters. The second kappa shape index (κ2) is 10.5. The van der Waals surface area contributed by atoms with Crippen LogP contribution in [0.1, 0.15) is 47.4 Å². The van der Waals surface area contributed by atoms with Gasteiger partial charge in [-0.15, -0.1) is 0 Å². The number of hydrogen-bond acceptors (Lipinski definition) is 3. The minimum atomic E-state index is -1.34. The molecule has 1 atom stereocenters. The lowest BCUT2D eigenvalue weighted by Crippen LogP contribution is -2.37. The fraction of sp³-hybridized carbons (Fsp3) is 0.135. The second-order valence-corrected chi connectivity index (χ2v) is 10.8. The highest BCUT2D eigenvalue weighted by Gasteiger charge is 2.42. The Labute approximate surface area is 240 Å². The molecule has 0 bridgehead atoms. The fourth-order valence-corrected chi connectivity index (χ4v) is 6.02. The number of nitrogens with zero attached hydrogens (tertiary/aromatic N) is 3. The minimum Gasteiger partial charge on any atom is -0.378 e. The van der Waals surface area contributed by atoms with Crippen LogP contribution in [0.5, 0.6) is 0 Å². The largest absolute Gasteiger partial charge is 0.378 e. The monoisotopic (exact) mass is 533 g/mol. The van der Waals surface area contributed by atoms with E-state index in [2.05, 4.69) is 83.4 Å². The van der Waals surface area contributed by atoms with Gasteiger partial charge in [0.15, 0.2) is 0 Å². The summed E-state index contributed by atoms with van der Waals surface area (Å²) in [5, 5.41) is 23.7. The molecule has 5 aromatic carbocycles. The van der Waals surface area contributed by atoms with Gasteiger partial charge in [-0.2, -0.15) is 5.26 Å². The zero-order valence-electron chi connectivity index (χ0n) is 23.1. The molecule has 4 heteroatoms. The summed E-state index contributed by atoms with van der Waals surface area (Å²) < 4.78 is 2.13. The summed E-state index contributed by atoms with van der Waals surface area (Å²) in [5.74, 6) is -0.166. The maximum Gasteiger partial charge on any atom is 0.135 e. The van der Waals surface area contributed by atoms with E-state index in [-0.39, 0.29) is 5.92 Å². The first-order chi connectivity index (χ1) is 20.0. The molecule has 0 saturated heterocycles. The topological polar surface area (TPSA) is 61.8 Å². The van der Waals surface area contributed by atoms with Crippen LogP contribution in [-0.2, 0) is 11.1 Å². The van der Waals surface area contributed by atoms with Gasteiger partial charge in [0.1, 0.15) is 11.1 Å². The Hall–Kier alpha value is -4.98. The van der Waals surface area contributed by atoms with Gasteiger partial charge in [-0.05, 0) is 57.1 Å². The number of nitriles is 1. The van der Waals surface area contributed by atoms with Crippen molar-refractivity contribution in [2.45, 2.75) is 25.0 Å². The Morgan fingerprint density at radius 1 is 0.683 bits per heavy atom. The number of aromatic nitrogens is 2. The van der Waals surface area contributed by atoms with Crippen LogP contribution >= 0.6 is 0 Å². The van der Waals surface area contributed by atoms with Gasteiger partial charge in [-0.3, -0.25) is 0 Å². The molecule has 0 amide bonds. The summed E-state index contributed by atoms with van der Waals surface area (Å²) in [4.78, 5) is 4.91. The van der Waals surface area contributed by atoms with E-state index in [0.717, 1.165) is 33.0 Å². The molecule has 0 fully saturated rings. The van der Waals surface area contributed by atoms with Crippen molar-refractivity contribution in [3.8, 4) is 6.07 Å². The number of aliphatic hydroxyl groups is 1. The van der Waals surface area contributed by atoms with Gasteiger partial charge in [-0.25, -0.2) is 4.98 Å². The summed E-state index contributed by atoms with van der Waals surface area (Å²) in [5.41, 5.74) is 3.16. The summed E-state index contributed by atoms with van der Waals surface area (Å²) in [6.07, 6.45) is 3.84. The van der Waals surface area contributed by atoms with Crippen molar-refractivity contribution in [3.63, 3.8) is 0 Å². The second-order valence-electron chi connectivity index (χ2n) is 10.8. The molecule has 0 aliphatic carbocycles. The molecule has 0 aliphatic rings. The van der Waals surface area contributed by atoms with Crippen molar-refractivity contribution >= 4 is 10.8 Å². The van der Waals surface area contributed by atoms with E-state index >= 15 is 0 Å². The van der Waals surface area contributed by atoms with Crippen LogP contribution in [0.2, 0.25) is 0 Å². The Kier molecular flexibility index (Phi) is 6.75. The third-order valence-corrected chi connectivity index (χ3v) is 8.18. The maximum absolute atomic E-state index is 12.5. The van der Waals surface area contributed by atoms with Gasteiger partial charge in [0.2, 0.25) is 0 Å². The number of imidazole rings is 1. The van der Waals surface area contributed by atoms with Gasteiger partial charge in [0, 0.05) is 6.20 Å². The first kappa shape index (κ1) is 26.3. The van der Waals surface area contributed by atoms with Crippen LogP contribution < -0.4 is 0 Å². The van der Waals surface area contributed by atoms with Crippen LogP contribution in [0, 0.1) is 17.2 Å². The van der Waals surface area contributed by atoms with Crippen LogP contribution in [0.15, 0.2) is 140 Å². The van der Waals surface area contributed by atoms with E-state index in [1.165, 1.54) is 0 Å². The van der Waals surface area contributed by atoms with Gasteiger partial charge in [0.05, 0.1) is 23.7 Å². The smallest absolute Gasteiger partial charge is 0.135 e. The predicted molar refractivity (Wildman–Crippen MR) is 163 cm³/mol. The van der Waals surface area contributed by atoms with E-state index in [1.54, 1.807) is 0 Å². The molecule has 6 aromatic rings. The molecule has 4 nitrogen and oxygen atoms in total. The molecule has 1 aromatic heterocycles. The maximum atomic E-state index is 12.5. The Morgan fingerprint density at radius 3 is 1.71 bits per heavy atom. The molecule has 0 aliphatic heterocycles. The highest BCUT2D eigenvalue weighted by atomic mass is 16.3. The third-order valence-electron chi connectivity index (χ3n) is 8.18. The molecule has 1 heterocycles. The van der Waals surface area contributed by atoms with Crippen LogP contribution in [0.25, 0.3) is 10.8 Å². The number of fused-ring (bicyclic) bond motifs is 1. The van der Waals surface area contributed by atoms with Gasteiger partial charge < -0.3 is 9.67 Å². The van der Waals surface area contributed by atoms with Crippen molar-refractivity contribution in [2.24, 2.45) is 5.92 Å². The predicted octanol–water partition coefficient (Wildman–Crippen LogP) is 7.64. The number of hydrogen-bond donors (Lipinski definition) is 1. The fourth-order valence-electron chi connectivity index (χ4n) is 6.02. The normalized spacial score (nSPS) is 13.1. The van der Waals surface area contributed by atoms with Gasteiger partial charge in [-0.1, -0.05) is 123 Å². The first-order valence-electron chi connectivity index (χ1n) is 13.9.